The molecule has 1 fully saturated rings. The molecule has 8 nitrogen and oxygen atoms in total. The molecule has 9 heteroatoms. The van der Waals surface area contributed by atoms with Crippen LogP contribution in [0.2, 0.25) is 0 Å². The summed E-state index contributed by atoms with van der Waals surface area (Å²) < 4.78 is 2.85. The van der Waals surface area contributed by atoms with Crippen LogP contribution in [0.3, 0.4) is 0 Å². The first kappa shape index (κ1) is 17.7. The summed E-state index contributed by atoms with van der Waals surface area (Å²) >= 11 is 3.40. The number of nitrogens with one attached hydrogen (secondary N) is 1. The molecule has 1 aliphatic rings. The van der Waals surface area contributed by atoms with E-state index < -0.39 is 0 Å². The zero-order chi connectivity index (χ0) is 18.8. The molecule has 140 valence electrons. The normalized spacial score (nSPS) is 15.8. The Labute approximate surface area is 165 Å². The monoisotopic (exact) mass is 429 g/mol. The maximum Gasteiger partial charge on any atom is 0.318 e. The van der Waals surface area contributed by atoms with Gasteiger partial charge in [0.05, 0.1) is 6.04 Å². The molecule has 3 aromatic heterocycles. The third-order valence-corrected chi connectivity index (χ3v) is 5.14. The number of hydrogen-bond acceptors (Lipinski definition) is 5. The van der Waals surface area contributed by atoms with Gasteiger partial charge in [0, 0.05) is 43.0 Å². The molecule has 1 unspecified atom stereocenters. The Kier molecular flexibility index (Phi) is 4.93. The fourth-order valence-corrected chi connectivity index (χ4v) is 3.42. The standard InChI is InChI=1S/C18H20BrN7O/c1-13(17-23-22-16-4-2-3-7-26(16)17)21-18(27)25-10-8-24(9-11-25)15-6-5-14(19)12-20-15/h2-7,12-13H,8-11H2,1H3,(H,21,27). The lowest BCUT2D eigenvalue weighted by atomic mass is 10.3. The van der Waals surface area contributed by atoms with Crippen molar-refractivity contribution in [3.8, 4) is 0 Å². The average Bonchev–Trinajstić information content (AvgIpc) is 3.13. The molecule has 0 saturated carbocycles. The van der Waals surface area contributed by atoms with Crippen LogP contribution in [0.4, 0.5) is 10.6 Å². The molecule has 0 bridgehead atoms. The lowest BCUT2D eigenvalue weighted by Crippen LogP contribution is -2.52. The summed E-state index contributed by atoms with van der Waals surface area (Å²) in [4.78, 5) is 21.1. The Bertz CT molecular complexity index is 934. The quantitative estimate of drug-likeness (QED) is 0.691. The molecular weight excluding hydrogens is 410 g/mol. The van der Waals surface area contributed by atoms with Gasteiger partial charge < -0.3 is 15.1 Å². The van der Waals surface area contributed by atoms with Crippen LogP contribution in [0.5, 0.6) is 0 Å². The number of nitrogens with zero attached hydrogens (tertiary/aromatic N) is 6. The van der Waals surface area contributed by atoms with E-state index in [0.29, 0.717) is 13.1 Å². The van der Waals surface area contributed by atoms with Gasteiger partial charge in [-0.3, -0.25) is 4.40 Å². The van der Waals surface area contributed by atoms with Gasteiger partial charge in [0.1, 0.15) is 5.82 Å². The fourth-order valence-electron chi connectivity index (χ4n) is 3.19. The van der Waals surface area contributed by atoms with Crippen LogP contribution in [0.25, 0.3) is 5.65 Å². The molecule has 1 saturated heterocycles. The van der Waals surface area contributed by atoms with Crippen LogP contribution in [0.15, 0.2) is 47.2 Å². The van der Waals surface area contributed by atoms with E-state index in [2.05, 4.69) is 41.3 Å². The summed E-state index contributed by atoms with van der Waals surface area (Å²) in [5.41, 5.74) is 0.768. The maximum atomic E-state index is 12.6. The Morgan fingerprint density at radius 3 is 2.70 bits per heavy atom. The number of halogens is 1. The molecule has 4 heterocycles. The molecule has 2 amide bonds. The molecule has 27 heavy (non-hydrogen) atoms. The first-order valence-corrected chi connectivity index (χ1v) is 9.63. The molecule has 1 atom stereocenters. The van der Waals surface area contributed by atoms with E-state index in [1.807, 2.05) is 52.8 Å². The summed E-state index contributed by atoms with van der Waals surface area (Å²) in [6.07, 6.45) is 3.69. The summed E-state index contributed by atoms with van der Waals surface area (Å²) in [6, 6.07) is 9.37. The van der Waals surface area contributed by atoms with E-state index in [-0.39, 0.29) is 12.1 Å². The molecule has 0 aliphatic carbocycles. The number of hydrogen-bond donors (Lipinski definition) is 1. The molecule has 3 aromatic rings. The number of amides is 2. The maximum absolute atomic E-state index is 12.6. The number of pyridine rings is 2. The smallest absolute Gasteiger partial charge is 0.318 e. The Balaban J connectivity index is 1.36. The summed E-state index contributed by atoms with van der Waals surface area (Å²) in [5.74, 6) is 1.65. The van der Waals surface area contributed by atoms with Crippen molar-refractivity contribution >= 4 is 33.4 Å². The SMILES string of the molecule is CC(NC(=O)N1CCN(c2ccc(Br)cn2)CC1)c1nnc2ccccn12. The number of urea groups is 1. The van der Waals surface area contributed by atoms with Crippen molar-refractivity contribution in [2.75, 3.05) is 31.1 Å². The Hall–Kier alpha value is -2.68. The minimum absolute atomic E-state index is 0.0846. The van der Waals surface area contributed by atoms with E-state index >= 15 is 0 Å². The third-order valence-electron chi connectivity index (χ3n) is 4.67. The Morgan fingerprint density at radius 2 is 1.96 bits per heavy atom. The number of rotatable bonds is 3. The fraction of sp³-hybridized carbons (Fsp3) is 0.333. The lowest BCUT2D eigenvalue weighted by Gasteiger charge is -2.35. The molecule has 1 N–H and O–H groups in total. The minimum atomic E-state index is -0.235. The van der Waals surface area contributed by atoms with E-state index in [9.17, 15) is 4.79 Å². The van der Waals surface area contributed by atoms with E-state index in [1.54, 1.807) is 6.20 Å². The van der Waals surface area contributed by atoms with Gasteiger partial charge in [-0.15, -0.1) is 10.2 Å². The third kappa shape index (κ3) is 3.73. The van der Waals surface area contributed by atoms with Gasteiger partial charge in [0.2, 0.25) is 0 Å². The zero-order valence-corrected chi connectivity index (χ0v) is 16.5. The first-order chi connectivity index (χ1) is 13.1. The second-order valence-corrected chi connectivity index (χ2v) is 7.38. The number of fused-ring (bicyclic) bond motifs is 1. The summed E-state index contributed by atoms with van der Waals surface area (Å²) in [5, 5.41) is 11.4. The molecule has 1 aliphatic heterocycles. The van der Waals surface area contributed by atoms with E-state index in [0.717, 1.165) is 34.9 Å². The highest BCUT2D eigenvalue weighted by atomic mass is 79.9. The highest BCUT2D eigenvalue weighted by Gasteiger charge is 2.24. The van der Waals surface area contributed by atoms with Gasteiger partial charge >= 0.3 is 6.03 Å². The number of anilines is 1. The predicted octanol–water partition coefficient (Wildman–Crippen LogP) is 2.48. The van der Waals surface area contributed by atoms with Gasteiger partial charge in [-0.1, -0.05) is 6.07 Å². The van der Waals surface area contributed by atoms with Gasteiger partial charge in [0.25, 0.3) is 0 Å². The van der Waals surface area contributed by atoms with Gasteiger partial charge in [0.15, 0.2) is 11.5 Å². The molecule has 0 radical (unpaired) electrons. The van der Waals surface area contributed by atoms with Crippen molar-refractivity contribution in [3.05, 3.63) is 53.0 Å². The second kappa shape index (κ2) is 7.51. The van der Waals surface area contributed by atoms with Crippen LogP contribution in [-0.4, -0.2) is 56.7 Å². The zero-order valence-electron chi connectivity index (χ0n) is 14.9. The van der Waals surface area contributed by atoms with Crippen LogP contribution >= 0.6 is 15.9 Å². The number of carbonyl (C=O) groups excluding carboxylic acids is 1. The van der Waals surface area contributed by atoms with Crippen molar-refractivity contribution in [1.29, 1.82) is 0 Å². The molecular formula is C18H20BrN7O. The topological polar surface area (TPSA) is 78.7 Å². The van der Waals surface area contributed by atoms with Crippen LogP contribution in [0.1, 0.15) is 18.8 Å². The second-order valence-electron chi connectivity index (χ2n) is 6.47. The van der Waals surface area contributed by atoms with Crippen LogP contribution < -0.4 is 10.2 Å². The van der Waals surface area contributed by atoms with Gasteiger partial charge in [-0.2, -0.15) is 0 Å². The first-order valence-electron chi connectivity index (χ1n) is 8.83. The van der Waals surface area contributed by atoms with Gasteiger partial charge in [-0.05, 0) is 47.1 Å². The number of aromatic nitrogens is 4. The van der Waals surface area contributed by atoms with Crippen molar-refractivity contribution in [3.63, 3.8) is 0 Å². The molecule has 4 rings (SSSR count). The Morgan fingerprint density at radius 1 is 1.15 bits per heavy atom. The highest BCUT2D eigenvalue weighted by Crippen LogP contribution is 2.17. The molecule has 0 spiro atoms. The van der Waals surface area contributed by atoms with Crippen molar-refractivity contribution in [1.82, 2.24) is 29.8 Å². The average molecular weight is 430 g/mol. The lowest BCUT2D eigenvalue weighted by molar-refractivity contribution is 0.190. The predicted molar refractivity (Wildman–Crippen MR) is 106 cm³/mol. The van der Waals surface area contributed by atoms with Crippen molar-refractivity contribution < 1.29 is 4.79 Å². The number of piperazine rings is 1. The largest absolute Gasteiger partial charge is 0.353 e. The van der Waals surface area contributed by atoms with Crippen molar-refractivity contribution in [2.45, 2.75) is 13.0 Å². The van der Waals surface area contributed by atoms with E-state index in [1.165, 1.54) is 0 Å². The minimum Gasteiger partial charge on any atom is -0.353 e. The van der Waals surface area contributed by atoms with E-state index in [4.69, 9.17) is 0 Å². The van der Waals surface area contributed by atoms with Crippen molar-refractivity contribution in [2.24, 2.45) is 0 Å². The summed E-state index contributed by atoms with van der Waals surface area (Å²) in [7, 11) is 0. The van der Waals surface area contributed by atoms with Gasteiger partial charge in [-0.25, -0.2) is 9.78 Å². The number of carbonyl (C=O) groups is 1. The highest BCUT2D eigenvalue weighted by molar-refractivity contribution is 9.10. The van der Waals surface area contributed by atoms with Crippen LogP contribution in [0, 0.1) is 0 Å². The molecule has 0 aromatic carbocycles. The summed E-state index contributed by atoms with van der Waals surface area (Å²) in [6.45, 7) is 4.73. The van der Waals surface area contributed by atoms with Crippen LogP contribution in [-0.2, 0) is 0 Å².